The van der Waals surface area contributed by atoms with Gasteiger partial charge in [0.25, 0.3) is 0 Å². The van der Waals surface area contributed by atoms with E-state index < -0.39 is 0 Å². The number of benzene rings is 9. The number of hydrogen-bond acceptors (Lipinski definition) is 19. The second kappa shape index (κ2) is 38.2. The summed E-state index contributed by atoms with van der Waals surface area (Å²) < 4.78 is 0. The second-order valence-corrected chi connectivity index (χ2v) is 30.7. The molecule has 5 aromatic heterocycles. The van der Waals surface area contributed by atoms with Crippen molar-refractivity contribution < 1.29 is 0 Å². The molecule has 0 radical (unpaired) electrons. The van der Waals surface area contributed by atoms with Crippen LogP contribution in [-0.4, -0.2) is 114 Å². The molecule has 19 nitrogen and oxygen atoms in total. The van der Waals surface area contributed by atoms with Gasteiger partial charge in [0.2, 0.25) is 0 Å². The Morgan fingerprint density at radius 3 is 0.876 bits per heavy atom. The van der Waals surface area contributed by atoms with Crippen LogP contribution in [0.2, 0.25) is 0 Å². The summed E-state index contributed by atoms with van der Waals surface area (Å²) in [4.78, 5) is 59.1. The van der Waals surface area contributed by atoms with Crippen LogP contribution < -0.4 is 58.8 Å². The van der Waals surface area contributed by atoms with Crippen molar-refractivity contribution in [3.63, 3.8) is 0 Å². The Labute approximate surface area is 721 Å². The largest absolute Gasteiger partial charge is 0.352 e. The fraction of sp³-hybridized carbons (Fsp3) is 0.284. The number of fused-ring (bicyclic) bond motifs is 8. The predicted molar refractivity (Wildman–Crippen MR) is 519 cm³/mol. The van der Waals surface area contributed by atoms with E-state index in [4.69, 9.17) is 4.98 Å². The molecule has 0 unspecified atom stereocenters. The fourth-order valence-corrected chi connectivity index (χ4v) is 16.6. The zero-order chi connectivity index (χ0) is 81.3. The van der Waals surface area contributed by atoms with Crippen LogP contribution in [-0.2, 0) is 0 Å². The van der Waals surface area contributed by atoms with E-state index in [2.05, 4.69) is 432 Å². The Balaban J connectivity index is 0.000000151. The average Bonchev–Trinajstić information content (AvgIpc) is 1.61. The Morgan fingerprint density at radius 1 is 0.198 bits per heavy atom. The highest BCUT2D eigenvalue weighted by Gasteiger charge is 2.40. The molecule has 0 spiro atoms. The third-order valence-electron chi connectivity index (χ3n) is 23.8. The van der Waals surface area contributed by atoms with Gasteiger partial charge in [0.15, 0.2) is 40.7 Å². The van der Waals surface area contributed by atoms with Crippen LogP contribution in [0.3, 0.4) is 0 Å². The van der Waals surface area contributed by atoms with Crippen LogP contribution in [0.25, 0.3) is 21.7 Å². The molecule has 6 aliphatic rings. The van der Waals surface area contributed by atoms with Gasteiger partial charge in [-0.25, -0.2) is 34.9 Å². The molecule has 0 amide bonds. The van der Waals surface area contributed by atoms with Crippen molar-refractivity contribution in [1.82, 2.24) is 34.9 Å². The molecule has 121 heavy (non-hydrogen) atoms. The fourth-order valence-electron chi connectivity index (χ4n) is 16.6. The maximum absolute atomic E-state index is 4.94. The molecule has 6 atom stereocenters. The van der Waals surface area contributed by atoms with Gasteiger partial charge in [-0.15, -0.1) is 0 Å². The molecule has 9 aromatic carbocycles. The van der Waals surface area contributed by atoms with Gasteiger partial charge < -0.3 is 58.8 Å². The maximum Gasteiger partial charge on any atom is 0.178 e. The molecule has 0 saturated heterocycles. The van der Waals surface area contributed by atoms with Crippen LogP contribution in [0.4, 0.5) is 103 Å². The van der Waals surface area contributed by atoms with E-state index in [9.17, 15) is 0 Å². The lowest BCUT2D eigenvalue weighted by Gasteiger charge is -2.29. The highest BCUT2D eigenvalue weighted by Crippen LogP contribution is 2.50. The van der Waals surface area contributed by atoms with Gasteiger partial charge in [0, 0.05) is 119 Å². The number of aryl methyl sites for hydroxylation is 6. The standard InChI is InChI=1S/C20H20N2.C19H19N3.2C15H17N3.2C14H16N4.5CH4/c1-14-8-4-7-11-18(14)22-15(2)21(3)19-12-16-9-5-6-10-17(16)13-20(19)22;1-13-8-4-7-11-17(13)22-14(2)21(3)18-12-15-9-5-6-10-16(15)20-19(18)22;1-11-7-4-5-8-13(11)18-12(2)17(3)15-14(18)9-6-10-16-15;1-11-7-4-5-8-13(11)18-12(2)17(3)14-9-6-10-16-15(14)18;2*1-10-6-4-5-7-12(10)18-11(2)17(3)13-14(18)16-9-8-15-13;;;;;/h4-13,15H,1-3H3;4-12,14H,1-3H3;2*4-10,12H,1-3H3;2*4-9,11H,1-3H3;5*1H4/t15-;14-;2*12-;2*11-;;;;;/m000000...../s1. The molecular weight excluding hydrogens is 1490 g/mol. The molecular formula is C102H125N19. The summed E-state index contributed by atoms with van der Waals surface area (Å²) in [6.45, 7) is 26.1. The predicted octanol–water partition coefficient (Wildman–Crippen LogP) is 24.8. The highest BCUT2D eigenvalue weighted by molar-refractivity contribution is 5.98. The molecule has 628 valence electrons. The van der Waals surface area contributed by atoms with E-state index in [1.807, 2.05) is 30.6 Å². The van der Waals surface area contributed by atoms with Gasteiger partial charge in [-0.3, -0.25) is 0 Å². The van der Waals surface area contributed by atoms with E-state index >= 15 is 0 Å². The van der Waals surface area contributed by atoms with Crippen molar-refractivity contribution in [2.75, 3.05) is 101 Å². The number of pyridine rings is 3. The molecule has 20 rings (SSSR count). The molecule has 0 aliphatic carbocycles. The zero-order valence-electron chi connectivity index (χ0n) is 69.9. The third-order valence-corrected chi connectivity index (χ3v) is 23.8. The summed E-state index contributed by atoms with van der Waals surface area (Å²) in [5.41, 5.74) is 22.2. The smallest absolute Gasteiger partial charge is 0.178 e. The minimum atomic E-state index is 0. The first-order valence-corrected chi connectivity index (χ1v) is 40.0. The van der Waals surface area contributed by atoms with Crippen LogP contribution in [0.15, 0.2) is 274 Å². The normalized spacial score (nSPS) is 17.0. The Hall–Kier alpha value is -13.3. The van der Waals surface area contributed by atoms with Crippen molar-refractivity contribution in [2.45, 2.75) is 157 Å². The third kappa shape index (κ3) is 17.0. The first-order chi connectivity index (χ1) is 56.1. The summed E-state index contributed by atoms with van der Waals surface area (Å²) in [7, 11) is 12.6. The lowest BCUT2D eigenvalue weighted by atomic mass is 10.1. The van der Waals surface area contributed by atoms with Crippen molar-refractivity contribution in [1.29, 1.82) is 0 Å². The van der Waals surface area contributed by atoms with Crippen molar-refractivity contribution >= 4 is 125 Å². The first kappa shape index (κ1) is 90.0. The summed E-state index contributed by atoms with van der Waals surface area (Å²) in [6.07, 6.45) is 12.3. The van der Waals surface area contributed by atoms with Crippen LogP contribution in [0.5, 0.6) is 0 Å². The number of nitrogens with zero attached hydrogens (tertiary/aromatic N) is 19. The van der Waals surface area contributed by atoms with Gasteiger partial charge in [0.05, 0.1) is 34.0 Å². The van der Waals surface area contributed by atoms with Crippen molar-refractivity contribution in [2.24, 2.45) is 0 Å². The lowest BCUT2D eigenvalue weighted by Crippen LogP contribution is -2.36. The lowest BCUT2D eigenvalue weighted by molar-refractivity contribution is 0.726. The second-order valence-electron chi connectivity index (χ2n) is 30.7. The topological polar surface area (TPSA) is 129 Å². The highest BCUT2D eigenvalue weighted by atomic mass is 15.5. The number of hydrogen-bond donors (Lipinski definition) is 0. The molecule has 0 N–H and O–H groups in total. The Kier molecular flexibility index (Phi) is 28.4. The first-order valence-electron chi connectivity index (χ1n) is 40.0. The van der Waals surface area contributed by atoms with Gasteiger partial charge in [-0.2, -0.15) is 0 Å². The van der Waals surface area contributed by atoms with E-state index in [-0.39, 0.29) is 68.0 Å². The van der Waals surface area contributed by atoms with Gasteiger partial charge in [-0.05, 0) is 212 Å². The number of aromatic nitrogens is 7. The zero-order valence-corrected chi connectivity index (χ0v) is 69.9. The molecule has 19 heteroatoms. The molecule has 6 aliphatic heterocycles. The minimum Gasteiger partial charge on any atom is -0.352 e. The van der Waals surface area contributed by atoms with Crippen LogP contribution in [0, 0.1) is 41.5 Å². The summed E-state index contributed by atoms with van der Waals surface area (Å²) in [6, 6.07) is 82.8. The molecule has 0 bridgehead atoms. The number of para-hydroxylation sites is 7. The summed E-state index contributed by atoms with van der Waals surface area (Å²) in [5.74, 6) is 6.88. The van der Waals surface area contributed by atoms with Gasteiger partial charge in [-0.1, -0.05) is 189 Å². The number of anilines is 18. The average molecular weight is 1620 g/mol. The molecule has 0 saturated carbocycles. The molecule has 0 fully saturated rings. The quantitative estimate of drug-likeness (QED) is 0.156. The Morgan fingerprint density at radius 2 is 0.455 bits per heavy atom. The van der Waals surface area contributed by atoms with Gasteiger partial charge in [0.1, 0.15) is 37.0 Å². The SMILES string of the molecule is C.C.C.C.C.Cc1ccccc1N1c2cc3ccccc3cc2N(C)[C@@H]1C.Cc1ccccc1N1c2cccnc2N(C)[C@@H]1C.Cc1ccccc1N1c2nc3ccccc3cc2N(C)[C@@H]1C.Cc1ccccc1N1c2ncccc2N(C)[C@@H]1C.Cc1ccccc1N1c2nccnc2N(C)[C@@H]1C.Cc1ccccc1N1c2nccnc2N(C)[C@@H]1C. The monoisotopic (exact) mass is 1620 g/mol. The molecule has 11 heterocycles. The van der Waals surface area contributed by atoms with Crippen molar-refractivity contribution in [3.05, 3.63) is 307 Å². The van der Waals surface area contributed by atoms with E-state index in [0.717, 1.165) is 46.2 Å². The summed E-state index contributed by atoms with van der Waals surface area (Å²) in [5, 5.41) is 3.78. The van der Waals surface area contributed by atoms with E-state index in [1.165, 1.54) is 112 Å². The summed E-state index contributed by atoms with van der Waals surface area (Å²) >= 11 is 0. The Bertz CT molecular complexity index is 5290. The van der Waals surface area contributed by atoms with E-state index in [0.29, 0.717) is 6.17 Å². The van der Waals surface area contributed by atoms with Crippen LogP contribution in [0.1, 0.15) is 112 Å². The molecule has 14 aromatic rings. The van der Waals surface area contributed by atoms with E-state index in [1.54, 1.807) is 24.8 Å². The van der Waals surface area contributed by atoms with Gasteiger partial charge >= 0.3 is 0 Å². The van der Waals surface area contributed by atoms with Crippen LogP contribution >= 0.6 is 0 Å². The minimum absolute atomic E-state index is 0. The van der Waals surface area contributed by atoms with Crippen molar-refractivity contribution in [3.8, 4) is 0 Å². The maximum atomic E-state index is 4.94. The number of rotatable bonds is 6.